The molecule has 0 saturated carbocycles. The lowest BCUT2D eigenvalue weighted by Crippen LogP contribution is -2.59. The second kappa shape index (κ2) is 11.5. The zero-order valence-electron chi connectivity index (χ0n) is 20.0. The summed E-state index contributed by atoms with van der Waals surface area (Å²) >= 11 is 0. The Bertz CT molecular complexity index is 760. The van der Waals surface area contributed by atoms with Crippen molar-refractivity contribution < 1.29 is 35.9 Å². The molecule has 2 heterocycles. The first-order chi connectivity index (χ1) is 15.3. The van der Waals surface area contributed by atoms with Gasteiger partial charge >= 0.3 is 12.1 Å². The number of alkyl halides is 3. The summed E-state index contributed by atoms with van der Waals surface area (Å²) in [5, 5.41) is 0. The number of sulfonamides is 1. The van der Waals surface area contributed by atoms with Gasteiger partial charge < -0.3 is 9.47 Å². The largest absolute Gasteiger partial charge is 0.459 e. The van der Waals surface area contributed by atoms with Gasteiger partial charge in [-0.15, -0.1) is 0 Å². The number of halogens is 3. The van der Waals surface area contributed by atoms with Gasteiger partial charge in [0.25, 0.3) is 0 Å². The van der Waals surface area contributed by atoms with E-state index in [1.54, 1.807) is 32.9 Å². The molecule has 2 aliphatic heterocycles. The van der Waals surface area contributed by atoms with E-state index in [0.29, 0.717) is 31.8 Å². The summed E-state index contributed by atoms with van der Waals surface area (Å²) in [6, 6.07) is 0. The zero-order valence-corrected chi connectivity index (χ0v) is 20.8. The van der Waals surface area contributed by atoms with Crippen molar-refractivity contribution in [1.82, 2.24) is 4.31 Å². The Hall–Kier alpha value is -1.13. The molecule has 2 rings (SSSR count). The zero-order chi connectivity index (χ0) is 24.8. The second-order valence-electron chi connectivity index (χ2n) is 10.0. The smallest absolute Gasteiger partial charge is 0.389 e. The minimum absolute atomic E-state index is 0.00415. The van der Waals surface area contributed by atoms with Crippen molar-refractivity contribution >= 4 is 16.0 Å². The van der Waals surface area contributed by atoms with E-state index in [-0.39, 0.29) is 32.5 Å². The molecule has 2 aliphatic rings. The molecule has 0 unspecified atom stereocenters. The summed E-state index contributed by atoms with van der Waals surface area (Å²) in [5.41, 5.74) is -0.786. The van der Waals surface area contributed by atoms with Gasteiger partial charge in [-0.2, -0.15) is 13.2 Å². The van der Waals surface area contributed by atoms with Gasteiger partial charge in [-0.05, 0) is 58.8 Å². The van der Waals surface area contributed by atoms with Crippen molar-refractivity contribution in [2.24, 2.45) is 5.92 Å². The summed E-state index contributed by atoms with van der Waals surface area (Å²) in [4.78, 5) is 13.0. The Labute approximate surface area is 195 Å². The monoisotopic (exact) mass is 497 g/mol. The number of piperidine rings is 1. The Morgan fingerprint density at radius 3 is 2.21 bits per heavy atom. The lowest BCUT2D eigenvalue weighted by molar-refractivity contribution is -0.161. The first-order valence-corrected chi connectivity index (χ1v) is 13.2. The number of rotatable bonds is 9. The molecule has 0 aromatic rings. The van der Waals surface area contributed by atoms with Gasteiger partial charge in [0.05, 0.1) is 0 Å². The van der Waals surface area contributed by atoms with Gasteiger partial charge in [0, 0.05) is 45.6 Å². The van der Waals surface area contributed by atoms with Gasteiger partial charge in [-0.1, -0.05) is 18.6 Å². The van der Waals surface area contributed by atoms with E-state index in [9.17, 15) is 26.4 Å². The first kappa shape index (κ1) is 28.1. The van der Waals surface area contributed by atoms with Crippen molar-refractivity contribution in [2.75, 3.05) is 26.3 Å². The number of unbranched alkanes of at least 4 members (excludes halogenated alkanes) is 1. The third-order valence-electron chi connectivity index (χ3n) is 6.22. The van der Waals surface area contributed by atoms with Crippen LogP contribution in [0.15, 0.2) is 12.2 Å². The van der Waals surface area contributed by atoms with Crippen molar-refractivity contribution in [3.8, 4) is 0 Å². The van der Waals surface area contributed by atoms with Crippen LogP contribution in [0.4, 0.5) is 13.2 Å². The first-order valence-electron chi connectivity index (χ1n) is 11.8. The third-order valence-corrected chi connectivity index (χ3v) is 8.83. The van der Waals surface area contributed by atoms with Crippen molar-refractivity contribution in [2.45, 2.75) is 95.1 Å². The molecule has 0 aromatic carbocycles. The lowest BCUT2D eigenvalue weighted by atomic mass is 9.92. The topological polar surface area (TPSA) is 72.9 Å². The van der Waals surface area contributed by atoms with Gasteiger partial charge in [-0.3, -0.25) is 4.79 Å². The Morgan fingerprint density at radius 1 is 1.09 bits per heavy atom. The molecular formula is C23H38F3NO5S. The molecule has 0 radical (unpaired) electrons. The molecule has 0 N–H and O–H groups in total. The summed E-state index contributed by atoms with van der Waals surface area (Å²) < 4.78 is 74.3. The maximum Gasteiger partial charge on any atom is 0.389 e. The molecule has 192 valence electrons. The molecule has 10 heteroatoms. The molecule has 0 atom stereocenters. The number of allylic oxidation sites excluding steroid dienone is 2. The minimum atomic E-state index is -4.12. The van der Waals surface area contributed by atoms with Crippen LogP contribution in [0.5, 0.6) is 0 Å². The van der Waals surface area contributed by atoms with E-state index in [1.165, 1.54) is 4.31 Å². The number of ether oxygens (including phenoxy) is 2. The summed E-state index contributed by atoms with van der Waals surface area (Å²) in [7, 11) is -3.91. The van der Waals surface area contributed by atoms with Crippen LogP contribution in [0.1, 0.15) is 78.6 Å². The van der Waals surface area contributed by atoms with Gasteiger partial charge in [-0.25, -0.2) is 12.7 Å². The quantitative estimate of drug-likeness (QED) is 0.255. The van der Waals surface area contributed by atoms with Crippen LogP contribution in [-0.4, -0.2) is 61.5 Å². The molecule has 2 fully saturated rings. The maximum absolute atomic E-state index is 13.6. The third kappa shape index (κ3) is 8.24. The summed E-state index contributed by atoms with van der Waals surface area (Å²) in [6.45, 7) is 6.29. The van der Waals surface area contributed by atoms with Crippen LogP contribution in [-0.2, 0) is 24.3 Å². The van der Waals surface area contributed by atoms with Gasteiger partial charge in [0.2, 0.25) is 10.0 Å². The molecule has 6 nitrogen and oxygen atoms in total. The fraction of sp³-hybridized carbons (Fsp3) is 0.870. The van der Waals surface area contributed by atoms with Gasteiger partial charge in [0.1, 0.15) is 5.60 Å². The van der Waals surface area contributed by atoms with Crippen LogP contribution < -0.4 is 0 Å². The number of carbonyl (C=O) groups is 1. The van der Waals surface area contributed by atoms with E-state index in [4.69, 9.17) is 9.47 Å². The molecule has 0 aromatic heterocycles. The highest BCUT2D eigenvalue weighted by Crippen LogP contribution is 2.37. The van der Waals surface area contributed by atoms with E-state index in [2.05, 4.69) is 0 Å². The standard InChI is InChI=1S/C23H38F3NO5S/c1-21(2,3)32-20(28)22(13-17-31-18-14-22)33(29,30)27-15-10-19(11-16-27)9-7-5-4-6-8-12-23(24,25)26/h4,6,19H,5,7-18H2,1-3H3/b6-4+. The van der Waals surface area contributed by atoms with Crippen molar-refractivity contribution in [3.63, 3.8) is 0 Å². The number of hydrogen-bond donors (Lipinski definition) is 0. The second-order valence-corrected chi connectivity index (χ2v) is 12.3. The van der Waals surface area contributed by atoms with Gasteiger partial charge in [0.15, 0.2) is 4.75 Å². The van der Waals surface area contributed by atoms with Crippen LogP contribution >= 0.6 is 0 Å². The normalized spacial score (nSPS) is 21.4. The average Bonchev–Trinajstić information content (AvgIpc) is 2.71. The van der Waals surface area contributed by atoms with Crippen LogP contribution in [0.2, 0.25) is 0 Å². The average molecular weight is 498 g/mol. The highest BCUT2D eigenvalue weighted by atomic mass is 32.2. The molecule has 0 bridgehead atoms. The number of esters is 1. The van der Waals surface area contributed by atoms with E-state index >= 15 is 0 Å². The number of carbonyl (C=O) groups excluding carboxylic acids is 1. The molecule has 0 aliphatic carbocycles. The molecule has 0 amide bonds. The number of hydrogen-bond acceptors (Lipinski definition) is 5. The minimum Gasteiger partial charge on any atom is -0.459 e. The molecule has 33 heavy (non-hydrogen) atoms. The Kier molecular flexibility index (Phi) is 9.82. The SMILES string of the molecule is CC(C)(C)OC(=O)C1(S(=O)(=O)N2CCC(CCC/C=C/CCC(F)(F)F)CC2)CCOCC1. The summed E-state index contributed by atoms with van der Waals surface area (Å²) in [6.07, 6.45) is 2.53. The van der Waals surface area contributed by atoms with Crippen molar-refractivity contribution in [1.29, 1.82) is 0 Å². The Balaban J connectivity index is 1.88. The fourth-order valence-corrected chi connectivity index (χ4v) is 6.45. The van der Waals surface area contributed by atoms with E-state index < -0.39 is 38.9 Å². The van der Waals surface area contributed by atoms with E-state index in [1.807, 2.05) is 0 Å². The predicted octanol–water partition coefficient (Wildman–Crippen LogP) is 4.99. The molecule has 2 saturated heterocycles. The maximum atomic E-state index is 13.6. The van der Waals surface area contributed by atoms with Crippen molar-refractivity contribution in [3.05, 3.63) is 12.2 Å². The molecular weight excluding hydrogens is 459 g/mol. The number of nitrogens with zero attached hydrogens (tertiary/aromatic N) is 1. The molecule has 0 spiro atoms. The lowest BCUT2D eigenvalue weighted by Gasteiger charge is -2.41. The van der Waals surface area contributed by atoms with Crippen LogP contribution in [0.25, 0.3) is 0 Å². The Morgan fingerprint density at radius 2 is 1.67 bits per heavy atom. The highest BCUT2D eigenvalue weighted by Gasteiger charge is 2.56. The van der Waals surface area contributed by atoms with E-state index in [0.717, 1.165) is 19.3 Å². The van der Waals surface area contributed by atoms with Crippen LogP contribution in [0, 0.1) is 5.92 Å². The fourth-order valence-electron chi connectivity index (χ4n) is 4.33. The summed E-state index contributed by atoms with van der Waals surface area (Å²) in [5.74, 6) is -0.329. The predicted molar refractivity (Wildman–Crippen MR) is 120 cm³/mol. The van der Waals surface area contributed by atoms with Crippen LogP contribution in [0.3, 0.4) is 0 Å². The highest BCUT2D eigenvalue weighted by molar-refractivity contribution is 7.91.